The average Bonchev–Trinajstić information content (AvgIpc) is 2.91. The van der Waals surface area contributed by atoms with Crippen LogP contribution in [-0.4, -0.2) is 10.9 Å². The molecule has 5 heteroatoms. The van der Waals surface area contributed by atoms with Crippen LogP contribution >= 0.6 is 15.9 Å². The van der Waals surface area contributed by atoms with Crippen molar-refractivity contribution in [1.29, 1.82) is 0 Å². The molecule has 0 aliphatic carbocycles. The number of amides is 1. The SMILES string of the molecule is O=C(NCc1ccccn1)c1cc2c(Br)cccc2o1. The van der Waals surface area contributed by atoms with Gasteiger partial charge in [-0.25, -0.2) is 0 Å². The molecular weight excluding hydrogens is 320 g/mol. The van der Waals surface area contributed by atoms with Crippen LogP contribution in [0.1, 0.15) is 16.2 Å². The Labute approximate surface area is 123 Å². The van der Waals surface area contributed by atoms with Gasteiger partial charge in [0, 0.05) is 16.1 Å². The van der Waals surface area contributed by atoms with E-state index in [0.29, 0.717) is 17.9 Å². The number of nitrogens with one attached hydrogen (secondary N) is 1. The number of carbonyl (C=O) groups is 1. The number of fused-ring (bicyclic) bond motifs is 1. The summed E-state index contributed by atoms with van der Waals surface area (Å²) in [5.74, 6) is 0.0431. The van der Waals surface area contributed by atoms with E-state index >= 15 is 0 Å². The Bertz CT molecular complexity index is 753. The fourth-order valence-electron chi connectivity index (χ4n) is 1.90. The van der Waals surface area contributed by atoms with Gasteiger partial charge in [0.05, 0.1) is 12.2 Å². The van der Waals surface area contributed by atoms with E-state index in [-0.39, 0.29) is 5.91 Å². The minimum absolute atomic E-state index is 0.251. The van der Waals surface area contributed by atoms with Crippen molar-refractivity contribution in [2.75, 3.05) is 0 Å². The van der Waals surface area contributed by atoms with Crippen LogP contribution in [0.25, 0.3) is 11.0 Å². The molecule has 0 bridgehead atoms. The fraction of sp³-hybridized carbons (Fsp3) is 0.0667. The average molecular weight is 331 g/mol. The Kier molecular flexibility index (Phi) is 3.52. The van der Waals surface area contributed by atoms with Gasteiger partial charge in [0.2, 0.25) is 0 Å². The number of furan rings is 1. The van der Waals surface area contributed by atoms with Crippen molar-refractivity contribution < 1.29 is 9.21 Å². The van der Waals surface area contributed by atoms with E-state index < -0.39 is 0 Å². The monoisotopic (exact) mass is 330 g/mol. The van der Waals surface area contributed by atoms with Crippen molar-refractivity contribution in [3.8, 4) is 0 Å². The van der Waals surface area contributed by atoms with Gasteiger partial charge in [0.25, 0.3) is 5.91 Å². The highest BCUT2D eigenvalue weighted by molar-refractivity contribution is 9.10. The molecule has 20 heavy (non-hydrogen) atoms. The summed E-state index contributed by atoms with van der Waals surface area (Å²) in [7, 11) is 0. The maximum Gasteiger partial charge on any atom is 0.287 e. The molecule has 2 heterocycles. The highest BCUT2D eigenvalue weighted by atomic mass is 79.9. The number of hydrogen-bond acceptors (Lipinski definition) is 3. The van der Waals surface area contributed by atoms with Crippen molar-refractivity contribution >= 4 is 32.8 Å². The summed E-state index contributed by atoms with van der Waals surface area (Å²) in [6, 6.07) is 12.9. The van der Waals surface area contributed by atoms with Gasteiger partial charge in [0.15, 0.2) is 5.76 Å². The number of pyridine rings is 1. The van der Waals surface area contributed by atoms with Gasteiger partial charge in [-0.2, -0.15) is 0 Å². The Morgan fingerprint density at radius 2 is 2.15 bits per heavy atom. The van der Waals surface area contributed by atoms with Crippen molar-refractivity contribution in [2.45, 2.75) is 6.54 Å². The van der Waals surface area contributed by atoms with E-state index in [2.05, 4.69) is 26.2 Å². The van der Waals surface area contributed by atoms with E-state index in [1.165, 1.54) is 0 Å². The Hall–Kier alpha value is -2.14. The summed E-state index contributed by atoms with van der Waals surface area (Å²) in [6.07, 6.45) is 1.69. The lowest BCUT2D eigenvalue weighted by Gasteiger charge is -2.01. The van der Waals surface area contributed by atoms with Crippen LogP contribution in [0.15, 0.2) is 57.6 Å². The van der Waals surface area contributed by atoms with Gasteiger partial charge in [-0.05, 0) is 30.3 Å². The summed E-state index contributed by atoms with van der Waals surface area (Å²) >= 11 is 3.43. The third-order valence-corrected chi connectivity index (χ3v) is 3.58. The second kappa shape index (κ2) is 5.46. The van der Waals surface area contributed by atoms with Crippen LogP contribution in [0.2, 0.25) is 0 Å². The molecule has 1 aromatic carbocycles. The van der Waals surface area contributed by atoms with Crippen molar-refractivity contribution in [3.05, 3.63) is 64.6 Å². The second-order valence-corrected chi connectivity index (χ2v) is 5.12. The predicted molar refractivity (Wildman–Crippen MR) is 79.3 cm³/mol. The van der Waals surface area contributed by atoms with Crippen molar-refractivity contribution in [3.63, 3.8) is 0 Å². The maximum absolute atomic E-state index is 12.1. The zero-order valence-corrected chi connectivity index (χ0v) is 12.1. The zero-order chi connectivity index (χ0) is 13.9. The van der Waals surface area contributed by atoms with Crippen LogP contribution in [-0.2, 0) is 6.54 Å². The molecule has 0 aliphatic rings. The lowest BCUT2D eigenvalue weighted by Crippen LogP contribution is -2.22. The Morgan fingerprint density at radius 1 is 1.25 bits per heavy atom. The minimum Gasteiger partial charge on any atom is -0.451 e. The van der Waals surface area contributed by atoms with Gasteiger partial charge >= 0.3 is 0 Å². The molecule has 100 valence electrons. The summed E-state index contributed by atoms with van der Waals surface area (Å²) in [4.78, 5) is 16.2. The van der Waals surface area contributed by atoms with Gasteiger partial charge < -0.3 is 9.73 Å². The molecule has 1 N–H and O–H groups in total. The first-order valence-electron chi connectivity index (χ1n) is 6.10. The van der Waals surface area contributed by atoms with Gasteiger partial charge in [0.1, 0.15) is 5.58 Å². The van der Waals surface area contributed by atoms with Gasteiger partial charge in [-0.1, -0.05) is 28.1 Å². The van der Waals surface area contributed by atoms with Crippen molar-refractivity contribution in [2.24, 2.45) is 0 Å². The molecule has 3 rings (SSSR count). The summed E-state index contributed by atoms with van der Waals surface area (Å²) in [5, 5.41) is 3.67. The molecule has 0 radical (unpaired) electrons. The molecule has 0 spiro atoms. The first kappa shape index (κ1) is 12.9. The summed E-state index contributed by atoms with van der Waals surface area (Å²) < 4.78 is 6.44. The maximum atomic E-state index is 12.1. The van der Waals surface area contributed by atoms with E-state index in [0.717, 1.165) is 15.6 Å². The third kappa shape index (κ3) is 2.58. The fourth-order valence-corrected chi connectivity index (χ4v) is 2.36. The largest absolute Gasteiger partial charge is 0.451 e. The molecule has 0 saturated heterocycles. The van der Waals surface area contributed by atoms with Crippen LogP contribution in [0.3, 0.4) is 0 Å². The standard InChI is InChI=1S/C15H11BrN2O2/c16-12-5-3-6-13-11(12)8-14(20-13)15(19)18-9-10-4-1-2-7-17-10/h1-8H,9H2,(H,18,19). The first-order valence-corrected chi connectivity index (χ1v) is 6.89. The lowest BCUT2D eigenvalue weighted by molar-refractivity contribution is 0.0925. The van der Waals surface area contributed by atoms with Crippen molar-refractivity contribution in [1.82, 2.24) is 10.3 Å². The van der Waals surface area contributed by atoms with E-state index in [1.54, 1.807) is 12.3 Å². The molecule has 4 nitrogen and oxygen atoms in total. The van der Waals surface area contributed by atoms with Crippen LogP contribution in [0, 0.1) is 0 Å². The molecule has 0 saturated carbocycles. The number of aromatic nitrogens is 1. The quantitative estimate of drug-likeness (QED) is 0.799. The Morgan fingerprint density at radius 3 is 2.90 bits per heavy atom. The molecule has 0 atom stereocenters. The van der Waals surface area contributed by atoms with Crippen LogP contribution in [0.5, 0.6) is 0 Å². The molecule has 0 unspecified atom stereocenters. The zero-order valence-electron chi connectivity index (χ0n) is 10.5. The molecule has 3 aromatic rings. The summed E-state index contributed by atoms with van der Waals surface area (Å²) in [6.45, 7) is 0.373. The highest BCUT2D eigenvalue weighted by Gasteiger charge is 2.13. The topological polar surface area (TPSA) is 55.1 Å². The highest BCUT2D eigenvalue weighted by Crippen LogP contribution is 2.26. The number of halogens is 1. The number of nitrogens with zero attached hydrogens (tertiary/aromatic N) is 1. The molecule has 0 fully saturated rings. The van der Waals surface area contributed by atoms with Crippen LogP contribution in [0.4, 0.5) is 0 Å². The lowest BCUT2D eigenvalue weighted by atomic mass is 10.2. The molecular formula is C15H11BrN2O2. The van der Waals surface area contributed by atoms with E-state index in [4.69, 9.17) is 4.42 Å². The molecule has 1 amide bonds. The number of benzene rings is 1. The van der Waals surface area contributed by atoms with E-state index in [9.17, 15) is 4.79 Å². The Balaban J connectivity index is 1.77. The molecule has 0 aliphatic heterocycles. The normalized spacial score (nSPS) is 10.7. The predicted octanol–water partition coefficient (Wildman–Crippen LogP) is 3.52. The number of hydrogen-bond donors (Lipinski definition) is 1. The second-order valence-electron chi connectivity index (χ2n) is 4.27. The minimum atomic E-state index is -0.251. The van der Waals surface area contributed by atoms with Gasteiger partial charge in [-0.3, -0.25) is 9.78 Å². The molecule has 2 aromatic heterocycles. The summed E-state index contributed by atoms with van der Waals surface area (Å²) in [5.41, 5.74) is 1.49. The van der Waals surface area contributed by atoms with E-state index in [1.807, 2.05) is 36.4 Å². The smallest absolute Gasteiger partial charge is 0.287 e. The number of carbonyl (C=O) groups excluding carboxylic acids is 1. The number of rotatable bonds is 3. The van der Waals surface area contributed by atoms with Gasteiger partial charge in [-0.15, -0.1) is 0 Å². The first-order chi connectivity index (χ1) is 9.74. The third-order valence-electron chi connectivity index (χ3n) is 2.89. The van der Waals surface area contributed by atoms with Crippen LogP contribution < -0.4 is 5.32 Å².